The fraction of sp³-hybridized carbons (Fsp3) is 0.667. The van der Waals surface area contributed by atoms with Crippen LogP contribution in [-0.2, 0) is 0 Å². The minimum absolute atomic E-state index is 0.390. The Morgan fingerprint density at radius 3 is 2.78 bits per heavy atom. The Balaban J connectivity index is 2.04. The van der Waals surface area contributed by atoms with Crippen LogP contribution in [0, 0.1) is 5.92 Å². The lowest BCUT2D eigenvalue weighted by Gasteiger charge is -2.20. The first-order chi connectivity index (χ1) is 8.74. The maximum absolute atomic E-state index is 4.63. The molecule has 2 rings (SSSR count). The molecule has 1 fully saturated rings. The number of hydrogen-bond donors (Lipinski definition) is 1. The van der Waals surface area contributed by atoms with Crippen LogP contribution in [0.15, 0.2) is 18.3 Å². The summed E-state index contributed by atoms with van der Waals surface area (Å²) in [5, 5.41) is 3.47. The number of pyridine rings is 1. The van der Waals surface area contributed by atoms with Gasteiger partial charge in [-0.1, -0.05) is 20.8 Å². The van der Waals surface area contributed by atoms with Gasteiger partial charge in [0.25, 0.3) is 0 Å². The smallest absolute Gasteiger partial charge is 0.0574 e. The van der Waals surface area contributed by atoms with Gasteiger partial charge in [-0.2, -0.15) is 0 Å². The van der Waals surface area contributed by atoms with Crippen LogP contribution in [0.4, 0.5) is 5.69 Å². The first kappa shape index (κ1) is 13.3. The van der Waals surface area contributed by atoms with Crippen LogP contribution in [0.2, 0.25) is 0 Å². The highest BCUT2D eigenvalue weighted by molar-refractivity contribution is 5.45. The van der Waals surface area contributed by atoms with E-state index < -0.39 is 0 Å². The number of nitrogens with zero attached hydrogens (tertiary/aromatic N) is 2. The van der Waals surface area contributed by atoms with Gasteiger partial charge in [-0.3, -0.25) is 4.98 Å². The molecule has 18 heavy (non-hydrogen) atoms. The Kier molecular flexibility index (Phi) is 4.59. The molecular formula is C15H25N3. The highest BCUT2D eigenvalue weighted by atomic mass is 15.2. The van der Waals surface area contributed by atoms with Gasteiger partial charge in [0.05, 0.1) is 17.6 Å². The summed E-state index contributed by atoms with van der Waals surface area (Å²) in [6, 6.07) is 4.79. The molecule has 1 saturated heterocycles. The van der Waals surface area contributed by atoms with Crippen molar-refractivity contribution in [3.63, 3.8) is 0 Å². The zero-order valence-electron chi connectivity index (χ0n) is 11.8. The monoisotopic (exact) mass is 247 g/mol. The average Bonchev–Trinajstić information content (AvgIpc) is 2.83. The molecule has 0 saturated carbocycles. The summed E-state index contributed by atoms with van der Waals surface area (Å²) in [6.07, 6.45) is 4.42. The topological polar surface area (TPSA) is 28.2 Å². The van der Waals surface area contributed by atoms with E-state index in [1.165, 1.54) is 25.2 Å². The normalized spacial score (nSPS) is 21.3. The lowest BCUT2D eigenvalue weighted by Crippen LogP contribution is -2.22. The number of nitrogens with one attached hydrogen (secondary N) is 1. The van der Waals surface area contributed by atoms with Gasteiger partial charge in [-0.05, 0) is 37.4 Å². The van der Waals surface area contributed by atoms with Gasteiger partial charge in [0.15, 0.2) is 0 Å². The van der Waals surface area contributed by atoms with Crippen LogP contribution in [0.1, 0.15) is 45.3 Å². The van der Waals surface area contributed by atoms with Crippen molar-refractivity contribution in [3.05, 3.63) is 24.0 Å². The summed E-state index contributed by atoms with van der Waals surface area (Å²) in [5.74, 6) is 0.815. The van der Waals surface area contributed by atoms with E-state index >= 15 is 0 Å². The quantitative estimate of drug-likeness (QED) is 0.867. The minimum atomic E-state index is 0.390. The highest BCUT2D eigenvalue weighted by Gasteiger charge is 2.19. The van der Waals surface area contributed by atoms with E-state index in [1.807, 2.05) is 6.20 Å². The van der Waals surface area contributed by atoms with Crippen molar-refractivity contribution in [3.8, 4) is 0 Å². The Morgan fingerprint density at radius 1 is 1.44 bits per heavy atom. The molecule has 1 aliphatic heterocycles. The zero-order valence-corrected chi connectivity index (χ0v) is 11.8. The van der Waals surface area contributed by atoms with Gasteiger partial charge in [-0.25, -0.2) is 0 Å². The van der Waals surface area contributed by atoms with Crippen molar-refractivity contribution >= 4 is 5.69 Å². The Bertz CT molecular complexity index is 338. The minimum Gasteiger partial charge on any atom is -0.370 e. The molecule has 2 atom stereocenters. The van der Waals surface area contributed by atoms with Crippen LogP contribution >= 0.6 is 0 Å². The van der Waals surface area contributed by atoms with E-state index in [0.717, 1.165) is 24.6 Å². The van der Waals surface area contributed by atoms with Crippen molar-refractivity contribution in [2.45, 2.75) is 39.7 Å². The number of hydrogen-bond acceptors (Lipinski definition) is 3. The molecule has 1 aliphatic rings. The molecule has 1 N–H and O–H groups in total. The average molecular weight is 247 g/mol. The van der Waals surface area contributed by atoms with Crippen molar-refractivity contribution in [1.29, 1.82) is 0 Å². The molecule has 0 aromatic carbocycles. The fourth-order valence-corrected chi connectivity index (χ4v) is 2.66. The van der Waals surface area contributed by atoms with Crippen LogP contribution in [0.5, 0.6) is 0 Å². The molecule has 1 aromatic rings. The fourth-order valence-electron chi connectivity index (χ4n) is 2.66. The van der Waals surface area contributed by atoms with E-state index in [0.29, 0.717) is 6.04 Å². The first-order valence-electron chi connectivity index (χ1n) is 7.18. The second-order valence-corrected chi connectivity index (χ2v) is 5.30. The second-order valence-electron chi connectivity index (χ2n) is 5.30. The maximum atomic E-state index is 4.63. The van der Waals surface area contributed by atoms with Gasteiger partial charge in [0, 0.05) is 19.1 Å². The Morgan fingerprint density at radius 2 is 2.28 bits per heavy atom. The molecule has 100 valence electrons. The van der Waals surface area contributed by atoms with Crippen molar-refractivity contribution in [1.82, 2.24) is 10.3 Å². The van der Waals surface area contributed by atoms with Gasteiger partial charge in [-0.15, -0.1) is 0 Å². The number of anilines is 1. The SMILES string of the molecule is CCNC(CC)c1ccc(N2CCC(C)C2)cn1. The summed E-state index contributed by atoms with van der Waals surface area (Å²) < 4.78 is 0. The zero-order chi connectivity index (χ0) is 13.0. The molecular weight excluding hydrogens is 222 g/mol. The molecule has 2 unspecified atom stereocenters. The third kappa shape index (κ3) is 3.02. The summed E-state index contributed by atoms with van der Waals surface area (Å²) in [6.45, 7) is 10.00. The third-order valence-electron chi connectivity index (χ3n) is 3.78. The molecule has 1 aromatic heterocycles. The third-order valence-corrected chi connectivity index (χ3v) is 3.78. The second kappa shape index (κ2) is 6.19. The van der Waals surface area contributed by atoms with Gasteiger partial charge >= 0.3 is 0 Å². The van der Waals surface area contributed by atoms with E-state index in [9.17, 15) is 0 Å². The van der Waals surface area contributed by atoms with E-state index in [4.69, 9.17) is 0 Å². The van der Waals surface area contributed by atoms with Gasteiger partial charge in [0.2, 0.25) is 0 Å². The van der Waals surface area contributed by atoms with Gasteiger partial charge in [0.1, 0.15) is 0 Å². The van der Waals surface area contributed by atoms with E-state index in [1.54, 1.807) is 0 Å². The summed E-state index contributed by atoms with van der Waals surface area (Å²) in [7, 11) is 0. The molecule has 0 radical (unpaired) electrons. The summed E-state index contributed by atoms with van der Waals surface area (Å²) >= 11 is 0. The molecule has 0 bridgehead atoms. The lowest BCUT2D eigenvalue weighted by atomic mass is 10.1. The Labute approximate surface area is 111 Å². The van der Waals surface area contributed by atoms with Crippen molar-refractivity contribution in [2.75, 3.05) is 24.5 Å². The van der Waals surface area contributed by atoms with Crippen molar-refractivity contribution in [2.24, 2.45) is 5.92 Å². The number of rotatable bonds is 5. The predicted molar refractivity (Wildman–Crippen MR) is 76.9 cm³/mol. The van der Waals surface area contributed by atoms with Gasteiger partial charge < -0.3 is 10.2 Å². The highest BCUT2D eigenvalue weighted by Crippen LogP contribution is 2.24. The van der Waals surface area contributed by atoms with Crippen molar-refractivity contribution < 1.29 is 0 Å². The number of aromatic nitrogens is 1. The van der Waals surface area contributed by atoms with Crippen LogP contribution in [0.3, 0.4) is 0 Å². The van der Waals surface area contributed by atoms with Crippen LogP contribution in [-0.4, -0.2) is 24.6 Å². The molecule has 0 spiro atoms. The predicted octanol–water partition coefficient (Wildman–Crippen LogP) is 2.99. The molecule has 2 heterocycles. The lowest BCUT2D eigenvalue weighted by molar-refractivity contribution is 0.525. The molecule has 0 aliphatic carbocycles. The molecule has 0 amide bonds. The molecule has 3 nitrogen and oxygen atoms in total. The summed E-state index contributed by atoms with van der Waals surface area (Å²) in [4.78, 5) is 7.07. The first-order valence-corrected chi connectivity index (χ1v) is 7.18. The standard InChI is InChI=1S/C15H25N3/c1-4-14(16-5-2)15-7-6-13(10-17-15)18-9-8-12(3)11-18/h6-7,10,12,14,16H,4-5,8-9,11H2,1-3H3. The van der Waals surface area contributed by atoms with E-state index in [-0.39, 0.29) is 0 Å². The largest absolute Gasteiger partial charge is 0.370 e. The van der Waals surface area contributed by atoms with Crippen LogP contribution in [0.25, 0.3) is 0 Å². The Hall–Kier alpha value is -1.09. The van der Waals surface area contributed by atoms with E-state index in [2.05, 4.69) is 48.1 Å². The summed E-state index contributed by atoms with van der Waals surface area (Å²) in [5.41, 5.74) is 2.43. The maximum Gasteiger partial charge on any atom is 0.0574 e. The van der Waals surface area contributed by atoms with Crippen LogP contribution < -0.4 is 10.2 Å². The molecule has 3 heteroatoms.